The molecule has 2 aromatic rings. The van der Waals surface area contributed by atoms with Gasteiger partial charge in [0, 0.05) is 28.9 Å². The molecule has 2 heterocycles. The van der Waals surface area contributed by atoms with Crippen molar-refractivity contribution >= 4 is 11.3 Å². The number of hydrogen-bond donors (Lipinski definition) is 1. The Bertz CT molecular complexity index is 563. The molecule has 0 radical (unpaired) electrons. The Morgan fingerprint density at radius 3 is 2.95 bits per heavy atom. The molecular weight excluding hydrogens is 254 g/mol. The minimum atomic E-state index is 0.381. The fraction of sp³-hybridized carbons (Fsp3) is 0.375. The van der Waals surface area contributed by atoms with Gasteiger partial charge in [-0.3, -0.25) is 0 Å². The molecule has 0 saturated heterocycles. The van der Waals surface area contributed by atoms with Crippen LogP contribution in [0.2, 0.25) is 0 Å². The Balaban J connectivity index is 1.78. The predicted octanol–water partition coefficient (Wildman–Crippen LogP) is 3.92. The van der Waals surface area contributed by atoms with Crippen LogP contribution in [0.3, 0.4) is 0 Å². The summed E-state index contributed by atoms with van der Waals surface area (Å²) in [5.74, 6) is 1.52. The molecule has 0 aliphatic carbocycles. The minimum absolute atomic E-state index is 0.381. The van der Waals surface area contributed by atoms with Crippen LogP contribution in [0, 0.1) is 12.8 Å². The summed E-state index contributed by atoms with van der Waals surface area (Å²) in [5, 5.41) is 5.86. The summed E-state index contributed by atoms with van der Waals surface area (Å²) in [6.45, 7) is 6.15. The van der Waals surface area contributed by atoms with Gasteiger partial charge in [0.1, 0.15) is 5.75 Å². The summed E-state index contributed by atoms with van der Waals surface area (Å²) in [7, 11) is 0. The maximum Gasteiger partial charge on any atom is 0.124 e. The number of nitrogens with one attached hydrogen (secondary N) is 1. The van der Waals surface area contributed by atoms with Gasteiger partial charge in [0.2, 0.25) is 0 Å². The van der Waals surface area contributed by atoms with Gasteiger partial charge in [0.05, 0.1) is 6.61 Å². The van der Waals surface area contributed by atoms with E-state index in [-0.39, 0.29) is 0 Å². The van der Waals surface area contributed by atoms with Crippen LogP contribution in [0.25, 0.3) is 0 Å². The standard InChI is InChI=1S/C16H19NOS/c1-11-7-8-19-15(11)9-17-16-12(2)10-18-14-6-4-3-5-13(14)16/h3-8,12,16-17H,9-10H2,1-2H3. The predicted molar refractivity (Wildman–Crippen MR) is 79.7 cm³/mol. The summed E-state index contributed by atoms with van der Waals surface area (Å²) in [6, 6.07) is 10.9. The van der Waals surface area contributed by atoms with Gasteiger partial charge in [-0.05, 0) is 30.0 Å². The first-order chi connectivity index (χ1) is 9.25. The number of hydrogen-bond acceptors (Lipinski definition) is 3. The van der Waals surface area contributed by atoms with Crippen LogP contribution in [0.15, 0.2) is 35.7 Å². The normalized spacial score (nSPS) is 21.8. The van der Waals surface area contributed by atoms with Gasteiger partial charge in [-0.25, -0.2) is 0 Å². The monoisotopic (exact) mass is 273 g/mol. The van der Waals surface area contributed by atoms with Gasteiger partial charge >= 0.3 is 0 Å². The van der Waals surface area contributed by atoms with Crippen molar-refractivity contribution in [2.24, 2.45) is 5.92 Å². The Morgan fingerprint density at radius 2 is 2.16 bits per heavy atom. The SMILES string of the molecule is Cc1ccsc1CNC1c2ccccc2OCC1C. The number of aryl methyl sites for hydroxylation is 1. The zero-order chi connectivity index (χ0) is 13.2. The van der Waals surface area contributed by atoms with Crippen molar-refractivity contribution in [2.45, 2.75) is 26.4 Å². The third-order valence-corrected chi connectivity index (χ3v) is 4.80. The van der Waals surface area contributed by atoms with Gasteiger partial charge in [-0.15, -0.1) is 11.3 Å². The van der Waals surface area contributed by atoms with Crippen molar-refractivity contribution in [2.75, 3.05) is 6.61 Å². The van der Waals surface area contributed by atoms with Crippen molar-refractivity contribution in [1.82, 2.24) is 5.32 Å². The lowest BCUT2D eigenvalue weighted by atomic mass is 9.92. The molecule has 3 rings (SSSR count). The highest BCUT2D eigenvalue weighted by molar-refractivity contribution is 7.10. The second kappa shape index (κ2) is 5.35. The Labute approximate surface area is 118 Å². The molecule has 0 spiro atoms. The van der Waals surface area contributed by atoms with Crippen LogP contribution in [-0.4, -0.2) is 6.61 Å². The van der Waals surface area contributed by atoms with Gasteiger partial charge in [-0.2, -0.15) is 0 Å². The number of para-hydroxylation sites is 1. The summed E-state index contributed by atoms with van der Waals surface area (Å²) in [5.41, 5.74) is 2.67. The number of benzene rings is 1. The second-order valence-electron chi connectivity index (χ2n) is 5.21. The minimum Gasteiger partial charge on any atom is -0.493 e. The average molecular weight is 273 g/mol. The molecule has 1 N–H and O–H groups in total. The van der Waals surface area contributed by atoms with E-state index in [4.69, 9.17) is 4.74 Å². The lowest BCUT2D eigenvalue weighted by molar-refractivity contribution is 0.188. The van der Waals surface area contributed by atoms with E-state index in [1.807, 2.05) is 17.4 Å². The van der Waals surface area contributed by atoms with Gasteiger partial charge in [0.25, 0.3) is 0 Å². The Kier molecular flexibility index (Phi) is 3.58. The van der Waals surface area contributed by atoms with Gasteiger partial charge in [-0.1, -0.05) is 25.1 Å². The van der Waals surface area contributed by atoms with E-state index >= 15 is 0 Å². The van der Waals surface area contributed by atoms with Gasteiger partial charge in [0.15, 0.2) is 0 Å². The molecule has 1 aromatic carbocycles. The van der Waals surface area contributed by atoms with Crippen LogP contribution >= 0.6 is 11.3 Å². The molecule has 1 aliphatic heterocycles. The molecule has 1 aliphatic rings. The molecule has 3 heteroatoms. The first-order valence-electron chi connectivity index (χ1n) is 6.74. The molecule has 1 aromatic heterocycles. The van der Waals surface area contributed by atoms with Crippen LogP contribution < -0.4 is 10.1 Å². The Hall–Kier alpha value is -1.32. The van der Waals surface area contributed by atoms with E-state index in [9.17, 15) is 0 Å². The average Bonchev–Trinajstić information content (AvgIpc) is 2.83. The topological polar surface area (TPSA) is 21.3 Å². The lowest BCUT2D eigenvalue weighted by Gasteiger charge is -2.32. The van der Waals surface area contributed by atoms with E-state index in [0.29, 0.717) is 12.0 Å². The molecule has 19 heavy (non-hydrogen) atoms. The number of ether oxygens (including phenoxy) is 1. The van der Waals surface area contributed by atoms with Crippen molar-refractivity contribution in [1.29, 1.82) is 0 Å². The fourth-order valence-electron chi connectivity index (χ4n) is 2.59. The highest BCUT2D eigenvalue weighted by Crippen LogP contribution is 2.35. The molecular formula is C16H19NOS. The van der Waals surface area contributed by atoms with E-state index in [1.165, 1.54) is 16.0 Å². The van der Waals surface area contributed by atoms with Crippen molar-refractivity contribution in [3.05, 3.63) is 51.7 Å². The number of fused-ring (bicyclic) bond motifs is 1. The van der Waals surface area contributed by atoms with Crippen molar-refractivity contribution in [3.63, 3.8) is 0 Å². The van der Waals surface area contributed by atoms with Crippen LogP contribution in [0.4, 0.5) is 0 Å². The summed E-state index contributed by atoms with van der Waals surface area (Å²) in [6.07, 6.45) is 0. The highest BCUT2D eigenvalue weighted by atomic mass is 32.1. The van der Waals surface area contributed by atoms with Crippen molar-refractivity contribution < 1.29 is 4.74 Å². The quantitative estimate of drug-likeness (QED) is 0.915. The summed E-state index contributed by atoms with van der Waals surface area (Å²) in [4.78, 5) is 1.43. The van der Waals surface area contributed by atoms with Crippen LogP contribution in [0.1, 0.15) is 29.0 Å². The zero-order valence-corrected chi connectivity index (χ0v) is 12.2. The molecule has 0 amide bonds. The second-order valence-corrected chi connectivity index (χ2v) is 6.21. The molecule has 2 nitrogen and oxygen atoms in total. The first-order valence-corrected chi connectivity index (χ1v) is 7.62. The third kappa shape index (κ3) is 2.53. The fourth-order valence-corrected chi connectivity index (χ4v) is 3.45. The lowest BCUT2D eigenvalue weighted by Crippen LogP contribution is -2.33. The Morgan fingerprint density at radius 1 is 1.32 bits per heavy atom. The van der Waals surface area contributed by atoms with E-state index in [0.717, 1.165) is 18.9 Å². The number of rotatable bonds is 3. The molecule has 0 fully saturated rings. The molecule has 100 valence electrons. The molecule has 2 atom stereocenters. The third-order valence-electron chi connectivity index (χ3n) is 3.78. The van der Waals surface area contributed by atoms with Gasteiger partial charge < -0.3 is 10.1 Å². The molecule has 2 unspecified atom stereocenters. The number of thiophene rings is 1. The summed E-state index contributed by atoms with van der Waals surface area (Å²) < 4.78 is 5.79. The van der Waals surface area contributed by atoms with Crippen molar-refractivity contribution in [3.8, 4) is 5.75 Å². The van der Waals surface area contributed by atoms with E-state index < -0.39 is 0 Å². The van der Waals surface area contributed by atoms with Crippen LogP contribution in [0.5, 0.6) is 5.75 Å². The summed E-state index contributed by atoms with van der Waals surface area (Å²) >= 11 is 1.83. The molecule has 0 saturated carbocycles. The maximum absolute atomic E-state index is 5.79. The van der Waals surface area contributed by atoms with Crippen LogP contribution in [-0.2, 0) is 6.54 Å². The molecule has 0 bridgehead atoms. The smallest absolute Gasteiger partial charge is 0.124 e. The largest absolute Gasteiger partial charge is 0.493 e. The first kappa shape index (κ1) is 12.7. The highest BCUT2D eigenvalue weighted by Gasteiger charge is 2.27. The zero-order valence-electron chi connectivity index (χ0n) is 11.3. The van der Waals surface area contributed by atoms with E-state index in [2.05, 4.69) is 48.8 Å². The maximum atomic E-state index is 5.79. The van der Waals surface area contributed by atoms with E-state index in [1.54, 1.807) is 0 Å².